The van der Waals surface area contributed by atoms with Crippen molar-refractivity contribution in [3.8, 4) is 0 Å². The van der Waals surface area contributed by atoms with Crippen molar-refractivity contribution in [3.63, 3.8) is 0 Å². The summed E-state index contributed by atoms with van der Waals surface area (Å²) in [6.45, 7) is 2.92. The summed E-state index contributed by atoms with van der Waals surface area (Å²) in [6.07, 6.45) is 5.84. The predicted molar refractivity (Wildman–Crippen MR) is 99.9 cm³/mol. The minimum atomic E-state index is -0.281. The molecule has 1 aliphatic carbocycles. The summed E-state index contributed by atoms with van der Waals surface area (Å²) in [5, 5.41) is 5.68. The molecule has 2 atom stereocenters. The molecular formula is C20H27N3O3. The molecule has 2 fully saturated rings. The summed E-state index contributed by atoms with van der Waals surface area (Å²) in [4.78, 5) is 37.8. The Balaban J connectivity index is 1.47. The van der Waals surface area contributed by atoms with Crippen molar-refractivity contribution in [2.24, 2.45) is 5.92 Å². The fourth-order valence-electron chi connectivity index (χ4n) is 3.82. The molecular weight excluding hydrogens is 330 g/mol. The van der Waals surface area contributed by atoms with Crippen LogP contribution in [0.3, 0.4) is 0 Å². The van der Waals surface area contributed by atoms with E-state index in [0.717, 1.165) is 37.9 Å². The molecule has 140 valence electrons. The SMILES string of the molecule is CC1CCCC(NC(=O)CNC(=O)c2ccc(N3CCCC3=O)cc2)C1. The van der Waals surface area contributed by atoms with Crippen LogP contribution in [0.2, 0.25) is 0 Å². The van der Waals surface area contributed by atoms with E-state index in [2.05, 4.69) is 17.6 Å². The first kappa shape index (κ1) is 18.4. The number of nitrogens with zero attached hydrogens (tertiary/aromatic N) is 1. The molecule has 0 bridgehead atoms. The molecule has 2 unspecified atom stereocenters. The van der Waals surface area contributed by atoms with E-state index in [9.17, 15) is 14.4 Å². The molecule has 1 saturated heterocycles. The first-order chi connectivity index (χ1) is 12.5. The zero-order valence-corrected chi connectivity index (χ0v) is 15.3. The molecule has 26 heavy (non-hydrogen) atoms. The highest BCUT2D eigenvalue weighted by Crippen LogP contribution is 2.23. The van der Waals surface area contributed by atoms with Crippen molar-refractivity contribution in [1.82, 2.24) is 10.6 Å². The maximum absolute atomic E-state index is 12.2. The van der Waals surface area contributed by atoms with Crippen LogP contribution in [-0.4, -0.2) is 36.9 Å². The quantitative estimate of drug-likeness (QED) is 0.848. The number of benzene rings is 1. The lowest BCUT2D eigenvalue weighted by Crippen LogP contribution is -2.43. The summed E-state index contributed by atoms with van der Waals surface area (Å²) in [5.41, 5.74) is 1.30. The predicted octanol–water partition coefficient (Wildman–Crippen LogP) is 2.24. The Bertz CT molecular complexity index is 671. The summed E-state index contributed by atoms with van der Waals surface area (Å²) in [5.74, 6) is 0.341. The zero-order chi connectivity index (χ0) is 18.5. The second kappa shape index (κ2) is 8.34. The molecule has 0 spiro atoms. The van der Waals surface area contributed by atoms with Gasteiger partial charge in [0.25, 0.3) is 5.91 Å². The van der Waals surface area contributed by atoms with Crippen LogP contribution in [0, 0.1) is 5.92 Å². The molecule has 3 amide bonds. The summed E-state index contributed by atoms with van der Waals surface area (Å²) in [7, 11) is 0. The number of anilines is 1. The number of amides is 3. The molecule has 1 saturated carbocycles. The molecule has 6 heteroatoms. The average molecular weight is 357 g/mol. The number of rotatable bonds is 5. The number of carbonyl (C=O) groups excluding carboxylic acids is 3. The molecule has 1 aromatic carbocycles. The third-order valence-electron chi connectivity index (χ3n) is 5.23. The van der Waals surface area contributed by atoms with E-state index < -0.39 is 0 Å². The van der Waals surface area contributed by atoms with E-state index in [1.165, 1.54) is 6.42 Å². The van der Waals surface area contributed by atoms with E-state index in [-0.39, 0.29) is 30.3 Å². The number of hydrogen-bond acceptors (Lipinski definition) is 3. The molecule has 0 aromatic heterocycles. The Hall–Kier alpha value is -2.37. The Kier molecular flexibility index (Phi) is 5.91. The number of hydrogen-bond donors (Lipinski definition) is 2. The normalized spacial score (nSPS) is 23.0. The molecule has 2 aliphatic rings. The monoisotopic (exact) mass is 357 g/mol. The second-order valence-electron chi connectivity index (χ2n) is 7.41. The molecule has 0 radical (unpaired) electrons. The highest BCUT2D eigenvalue weighted by atomic mass is 16.2. The van der Waals surface area contributed by atoms with Gasteiger partial charge in [0.05, 0.1) is 6.54 Å². The summed E-state index contributed by atoms with van der Waals surface area (Å²) >= 11 is 0. The molecule has 1 aliphatic heterocycles. The third kappa shape index (κ3) is 4.62. The highest BCUT2D eigenvalue weighted by Gasteiger charge is 2.22. The smallest absolute Gasteiger partial charge is 0.251 e. The fraction of sp³-hybridized carbons (Fsp3) is 0.550. The minimum Gasteiger partial charge on any atom is -0.352 e. The van der Waals surface area contributed by atoms with Gasteiger partial charge in [-0.25, -0.2) is 0 Å². The van der Waals surface area contributed by atoms with Gasteiger partial charge in [-0.2, -0.15) is 0 Å². The second-order valence-corrected chi connectivity index (χ2v) is 7.41. The molecule has 1 aromatic rings. The largest absolute Gasteiger partial charge is 0.352 e. The van der Waals surface area contributed by atoms with Gasteiger partial charge in [0.2, 0.25) is 11.8 Å². The lowest BCUT2D eigenvalue weighted by atomic mass is 9.87. The highest BCUT2D eigenvalue weighted by molar-refractivity contribution is 5.98. The van der Waals surface area contributed by atoms with Crippen LogP contribution in [-0.2, 0) is 9.59 Å². The minimum absolute atomic E-state index is 0.0178. The van der Waals surface area contributed by atoms with Gasteiger partial charge in [0.15, 0.2) is 0 Å². The van der Waals surface area contributed by atoms with Gasteiger partial charge in [-0.1, -0.05) is 19.8 Å². The van der Waals surface area contributed by atoms with Crippen LogP contribution < -0.4 is 15.5 Å². The number of nitrogens with one attached hydrogen (secondary N) is 2. The van der Waals surface area contributed by atoms with Crippen molar-refractivity contribution in [2.75, 3.05) is 18.0 Å². The summed E-state index contributed by atoms with van der Waals surface area (Å²) < 4.78 is 0. The first-order valence-corrected chi connectivity index (χ1v) is 9.51. The number of carbonyl (C=O) groups is 3. The third-order valence-corrected chi connectivity index (χ3v) is 5.23. The maximum atomic E-state index is 12.2. The molecule has 3 rings (SSSR count). The van der Waals surface area contributed by atoms with Crippen LogP contribution in [0.1, 0.15) is 55.8 Å². The van der Waals surface area contributed by atoms with E-state index >= 15 is 0 Å². The van der Waals surface area contributed by atoms with E-state index in [1.807, 2.05) is 0 Å². The van der Waals surface area contributed by atoms with Crippen LogP contribution in [0.15, 0.2) is 24.3 Å². The van der Waals surface area contributed by atoms with Crippen molar-refractivity contribution < 1.29 is 14.4 Å². The van der Waals surface area contributed by atoms with Gasteiger partial charge in [0, 0.05) is 30.3 Å². The van der Waals surface area contributed by atoms with Gasteiger partial charge >= 0.3 is 0 Å². The van der Waals surface area contributed by atoms with Crippen LogP contribution in [0.25, 0.3) is 0 Å². The van der Waals surface area contributed by atoms with Crippen LogP contribution in [0.4, 0.5) is 5.69 Å². The lowest BCUT2D eigenvalue weighted by molar-refractivity contribution is -0.121. The van der Waals surface area contributed by atoms with Crippen LogP contribution >= 0.6 is 0 Å². The Labute approximate surface area is 154 Å². The van der Waals surface area contributed by atoms with Crippen molar-refractivity contribution in [1.29, 1.82) is 0 Å². The average Bonchev–Trinajstić information content (AvgIpc) is 3.06. The van der Waals surface area contributed by atoms with Crippen molar-refractivity contribution >= 4 is 23.4 Å². The zero-order valence-electron chi connectivity index (χ0n) is 15.3. The standard InChI is InChI=1S/C20H27N3O3/c1-14-4-2-5-16(12-14)22-18(24)13-21-20(26)15-7-9-17(10-8-15)23-11-3-6-19(23)25/h7-10,14,16H,2-6,11-13H2,1H3,(H,21,26)(H,22,24). The molecule has 2 N–H and O–H groups in total. The van der Waals surface area contributed by atoms with Gasteiger partial charge in [-0.3, -0.25) is 14.4 Å². The van der Waals surface area contributed by atoms with Crippen molar-refractivity contribution in [2.45, 2.75) is 51.5 Å². The Morgan fingerprint density at radius 3 is 2.58 bits per heavy atom. The summed E-state index contributed by atoms with van der Waals surface area (Å²) in [6, 6.07) is 7.16. The van der Waals surface area contributed by atoms with E-state index in [1.54, 1.807) is 29.2 Å². The van der Waals surface area contributed by atoms with Gasteiger partial charge in [-0.05, 0) is 49.4 Å². The molecule has 1 heterocycles. The first-order valence-electron chi connectivity index (χ1n) is 9.51. The Morgan fingerprint density at radius 1 is 1.15 bits per heavy atom. The fourth-order valence-corrected chi connectivity index (χ4v) is 3.82. The topological polar surface area (TPSA) is 78.5 Å². The van der Waals surface area contributed by atoms with Gasteiger partial charge < -0.3 is 15.5 Å². The van der Waals surface area contributed by atoms with Crippen LogP contribution in [0.5, 0.6) is 0 Å². The van der Waals surface area contributed by atoms with Gasteiger partial charge in [-0.15, -0.1) is 0 Å². The molecule has 6 nitrogen and oxygen atoms in total. The van der Waals surface area contributed by atoms with E-state index in [4.69, 9.17) is 0 Å². The maximum Gasteiger partial charge on any atom is 0.251 e. The lowest BCUT2D eigenvalue weighted by Gasteiger charge is -2.27. The van der Waals surface area contributed by atoms with Gasteiger partial charge in [0.1, 0.15) is 0 Å². The van der Waals surface area contributed by atoms with E-state index in [0.29, 0.717) is 17.9 Å². The van der Waals surface area contributed by atoms with Crippen molar-refractivity contribution in [3.05, 3.63) is 29.8 Å². The Morgan fingerprint density at radius 2 is 1.92 bits per heavy atom.